The number of methoxy groups -OCH3 is 2. The number of pyridine rings is 1. The third kappa shape index (κ3) is 3.48. The summed E-state index contributed by atoms with van der Waals surface area (Å²) < 4.78 is 12.2. The van der Waals surface area contributed by atoms with Gasteiger partial charge in [-0.25, -0.2) is 0 Å². The summed E-state index contributed by atoms with van der Waals surface area (Å²) in [5, 5.41) is 1.05. The molecule has 0 bridgehead atoms. The van der Waals surface area contributed by atoms with Crippen LogP contribution in [0.4, 0.5) is 0 Å². The Labute approximate surface area is 148 Å². The standard InChI is InChI=1S/C19H26N2O4/c1-6-9-20(7-2)19(23)15-12-21(8-3)18(22)14-11-17(25-5)16(24-4)10-13(14)15/h10-12H,6-9H2,1-5H3. The Morgan fingerprint density at radius 1 is 1.08 bits per heavy atom. The fourth-order valence-electron chi connectivity index (χ4n) is 2.97. The van der Waals surface area contributed by atoms with Crippen molar-refractivity contribution in [3.63, 3.8) is 0 Å². The molecule has 2 rings (SSSR count). The van der Waals surface area contributed by atoms with Crippen LogP contribution >= 0.6 is 0 Å². The summed E-state index contributed by atoms with van der Waals surface area (Å²) in [6, 6.07) is 3.36. The largest absolute Gasteiger partial charge is 0.493 e. The Bertz CT molecular complexity index is 826. The highest BCUT2D eigenvalue weighted by Crippen LogP contribution is 2.32. The van der Waals surface area contributed by atoms with E-state index in [9.17, 15) is 9.59 Å². The van der Waals surface area contributed by atoms with Gasteiger partial charge in [0.2, 0.25) is 0 Å². The number of aromatic nitrogens is 1. The maximum absolute atomic E-state index is 13.1. The molecule has 0 atom stereocenters. The lowest BCUT2D eigenvalue weighted by molar-refractivity contribution is 0.0765. The van der Waals surface area contributed by atoms with Crippen molar-refractivity contribution in [2.75, 3.05) is 27.3 Å². The molecule has 1 aromatic heterocycles. The van der Waals surface area contributed by atoms with Crippen LogP contribution in [0.3, 0.4) is 0 Å². The first-order valence-electron chi connectivity index (χ1n) is 8.60. The minimum atomic E-state index is -0.145. The van der Waals surface area contributed by atoms with Crippen molar-refractivity contribution in [1.29, 1.82) is 0 Å². The quantitative estimate of drug-likeness (QED) is 0.773. The van der Waals surface area contributed by atoms with E-state index in [4.69, 9.17) is 9.47 Å². The molecule has 136 valence electrons. The Morgan fingerprint density at radius 2 is 1.68 bits per heavy atom. The highest BCUT2D eigenvalue weighted by Gasteiger charge is 2.21. The van der Waals surface area contributed by atoms with Gasteiger partial charge in [0, 0.05) is 31.2 Å². The molecule has 0 aliphatic carbocycles. The van der Waals surface area contributed by atoms with Crippen molar-refractivity contribution < 1.29 is 14.3 Å². The molecule has 0 aliphatic rings. The average Bonchev–Trinajstić information content (AvgIpc) is 2.64. The zero-order chi connectivity index (χ0) is 18.6. The molecule has 1 aromatic carbocycles. The third-order valence-electron chi connectivity index (χ3n) is 4.32. The monoisotopic (exact) mass is 346 g/mol. The average molecular weight is 346 g/mol. The second-order valence-electron chi connectivity index (χ2n) is 5.77. The molecule has 0 saturated carbocycles. The van der Waals surface area contributed by atoms with Crippen LogP contribution in [0.15, 0.2) is 23.1 Å². The van der Waals surface area contributed by atoms with Gasteiger partial charge >= 0.3 is 0 Å². The van der Waals surface area contributed by atoms with Gasteiger partial charge in [-0.3, -0.25) is 9.59 Å². The lowest BCUT2D eigenvalue weighted by Crippen LogP contribution is -2.33. The Hall–Kier alpha value is -2.50. The second kappa shape index (κ2) is 8.05. The van der Waals surface area contributed by atoms with E-state index in [2.05, 4.69) is 0 Å². The van der Waals surface area contributed by atoms with Crippen LogP contribution in [0.2, 0.25) is 0 Å². The van der Waals surface area contributed by atoms with E-state index in [1.807, 2.05) is 20.8 Å². The molecule has 0 unspecified atom stereocenters. The molecule has 2 aromatic rings. The molecule has 1 heterocycles. The molecule has 0 N–H and O–H groups in total. The molecule has 25 heavy (non-hydrogen) atoms. The Balaban J connectivity index is 2.80. The Kier molecular flexibility index (Phi) is 6.07. The van der Waals surface area contributed by atoms with Crippen LogP contribution in [0, 0.1) is 0 Å². The number of carbonyl (C=O) groups excluding carboxylic acids is 1. The van der Waals surface area contributed by atoms with E-state index in [0.717, 1.165) is 6.42 Å². The number of hydrogen-bond donors (Lipinski definition) is 0. The normalized spacial score (nSPS) is 10.8. The van der Waals surface area contributed by atoms with Crippen molar-refractivity contribution in [3.05, 3.63) is 34.2 Å². The van der Waals surface area contributed by atoms with Crippen LogP contribution in [-0.4, -0.2) is 42.7 Å². The van der Waals surface area contributed by atoms with E-state index in [1.54, 1.807) is 27.8 Å². The number of fused-ring (bicyclic) bond motifs is 1. The zero-order valence-corrected chi connectivity index (χ0v) is 15.6. The van der Waals surface area contributed by atoms with Gasteiger partial charge in [-0.15, -0.1) is 0 Å². The van der Waals surface area contributed by atoms with Gasteiger partial charge < -0.3 is 18.9 Å². The first kappa shape index (κ1) is 18.8. The number of ether oxygens (including phenoxy) is 2. The van der Waals surface area contributed by atoms with E-state index in [1.165, 1.54) is 14.2 Å². The molecule has 6 heteroatoms. The zero-order valence-electron chi connectivity index (χ0n) is 15.6. The van der Waals surface area contributed by atoms with Gasteiger partial charge in [-0.05, 0) is 32.4 Å². The molecule has 1 amide bonds. The number of amides is 1. The molecule has 6 nitrogen and oxygen atoms in total. The van der Waals surface area contributed by atoms with Gasteiger partial charge in [-0.1, -0.05) is 6.92 Å². The molecule has 0 fully saturated rings. The number of benzene rings is 1. The van der Waals surface area contributed by atoms with E-state index < -0.39 is 0 Å². The summed E-state index contributed by atoms with van der Waals surface area (Å²) >= 11 is 0. The second-order valence-corrected chi connectivity index (χ2v) is 5.77. The highest BCUT2D eigenvalue weighted by atomic mass is 16.5. The van der Waals surface area contributed by atoms with Gasteiger partial charge in [0.1, 0.15) is 0 Å². The molecular formula is C19H26N2O4. The van der Waals surface area contributed by atoms with E-state index in [0.29, 0.717) is 47.5 Å². The number of aryl methyl sites for hydroxylation is 1. The van der Waals surface area contributed by atoms with Crippen molar-refractivity contribution in [2.24, 2.45) is 0 Å². The minimum Gasteiger partial charge on any atom is -0.493 e. The summed E-state index contributed by atoms with van der Waals surface area (Å²) in [5.74, 6) is 0.889. The van der Waals surface area contributed by atoms with Crippen molar-refractivity contribution in [1.82, 2.24) is 9.47 Å². The van der Waals surface area contributed by atoms with Crippen molar-refractivity contribution in [2.45, 2.75) is 33.7 Å². The predicted molar refractivity (Wildman–Crippen MR) is 98.9 cm³/mol. The molecule has 0 aliphatic heterocycles. The maximum atomic E-state index is 13.1. The van der Waals surface area contributed by atoms with Gasteiger partial charge in [-0.2, -0.15) is 0 Å². The minimum absolute atomic E-state index is 0.0798. The third-order valence-corrected chi connectivity index (χ3v) is 4.32. The van der Waals surface area contributed by atoms with Crippen LogP contribution in [0.5, 0.6) is 11.5 Å². The van der Waals surface area contributed by atoms with Crippen LogP contribution in [0.25, 0.3) is 10.8 Å². The lowest BCUT2D eigenvalue weighted by Gasteiger charge is -2.22. The van der Waals surface area contributed by atoms with E-state index >= 15 is 0 Å². The SMILES string of the molecule is CCCN(CC)C(=O)c1cn(CC)c(=O)c2cc(OC)c(OC)cc12. The first-order chi connectivity index (χ1) is 12.0. The molecular weight excluding hydrogens is 320 g/mol. The van der Waals surface area contributed by atoms with Gasteiger partial charge in [0.25, 0.3) is 11.5 Å². The van der Waals surface area contributed by atoms with Gasteiger partial charge in [0.05, 0.1) is 25.2 Å². The topological polar surface area (TPSA) is 60.8 Å². The smallest absolute Gasteiger partial charge is 0.258 e. The van der Waals surface area contributed by atoms with E-state index in [-0.39, 0.29) is 11.5 Å². The predicted octanol–water partition coefficient (Wildman–Crippen LogP) is 2.91. The fourth-order valence-corrected chi connectivity index (χ4v) is 2.97. The number of rotatable bonds is 7. The number of nitrogens with zero attached hydrogens (tertiary/aromatic N) is 2. The summed E-state index contributed by atoms with van der Waals surface area (Å²) in [5.41, 5.74) is 0.362. The van der Waals surface area contributed by atoms with Crippen LogP contribution in [0.1, 0.15) is 37.6 Å². The van der Waals surface area contributed by atoms with Crippen molar-refractivity contribution in [3.8, 4) is 11.5 Å². The molecule has 0 radical (unpaired) electrons. The fraction of sp³-hybridized carbons (Fsp3) is 0.474. The molecule has 0 saturated heterocycles. The highest BCUT2D eigenvalue weighted by molar-refractivity contribution is 6.07. The summed E-state index contributed by atoms with van der Waals surface area (Å²) in [4.78, 5) is 27.5. The lowest BCUT2D eigenvalue weighted by atomic mass is 10.0. The van der Waals surface area contributed by atoms with Crippen LogP contribution < -0.4 is 15.0 Å². The van der Waals surface area contributed by atoms with Crippen LogP contribution in [-0.2, 0) is 6.54 Å². The van der Waals surface area contributed by atoms with Crippen molar-refractivity contribution >= 4 is 16.7 Å². The summed E-state index contributed by atoms with van der Waals surface area (Å²) in [7, 11) is 3.06. The van der Waals surface area contributed by atoms with Gasteiger partial charge in [0.15, 0.2) is 11.5 Å². The number of hydrogen-bond acceptors (Lipinski definition) is 4. The number of carbonyl (C=O) groups is 1. The summed E-state index contributed by atoms with van der Waals surface area (Å²) in [6.07, 6.45) is 2.53. The maximum Gasteiger partial charge on any atom is 0.258 e. The Morgan fingerprint density at radius 3 is 2.16 bits per heavy atom. The molecule has 0 spiro atoms. The summed E-state index contributed by atoms with van der Waals surface area (Å²) in [6.45, 7) is 7.65. The first-order valence-corrected chi connectivity index (χ1v) is 8.60.